The zero-order chi connectivity index (χ0) is 14.0. The highest BCUT2D eigenvalue weighted by atomic mass is 79.9. The monoisotopic (exact) mass is 380 g/mol. The van der Waals surface area contributed by atoms with Crippen LogP contribution in [0.2, 0.25) is 0 Å². The predicted molar refractivity (Wildman–Crippen MR) is 80.3 cm³/mol. The van der Waals surface area contributed by atoms with Crippen molar-refractivity contribution >= 4 is 31.9 Å². The number of nitrogens with zero attached hydrogens (tertiary/aromatic N) is 2. The maximum atomic E-state index is 8.93. The molecule has 0 bridgehead atoms. The molecule has 0 fully saturated rings. The minimum Gasteiger partial charge on any atom is -0.437 e. The Morgan fingerprint density at radius 1 is 1.16 bits per heavy atom. The fourth-order valence-corrected chi connectivity index (χ4v) is 2.82. The number of aryl methyl sites for hydroxylation is 2. The van der Waals surface area contributed by atoms with Crippen molar-refractivity contribution in [3.63, 3.8) is 0 Å². The van der Waals surface area contributed by atoms with E-state index in [1.165, 1.54) is 0 Å². The van der Waals surface area contributed by atoms with Crippen LogP contribution in [0, 0.1) is 25.2 Å². The minimum absolute atomic E-state index is 0.499. The Morgan fingerprint density at radius 2 is 1.79 bits per heavy atom. The van der Waals surface area contributed by atoms with Gasteiger partial charge >= 0.3 is 0 Å². The first-order valence-corrected chi connectivity index (χ1v) is 7.10. The van der Waals surface area contributed by atoms with Gasteiger partial charge in [0.2, 0.25) is 5.88 Å². The van der Waals surface area contributed by atoms with E-state index in [4.69, 9.17) is 10.00 Å². The first-order valence-electron chi connectivity index (χ1n) is 5.51. The van der Waals surface area contributed by atoms with E-state index in [9.17, 15) is 0 Å². The maximum Gasteiger partial charge on any atom is 0.233 e. The van der Waals surface area contributed by atoms with Crippen LogP contribution in [-0.4, -0.2) is 4.98 Å². The fourth-order valence-electron chi connectivity index (χ4n) is 1.75. The van der Waals surface area contributed by atoms with Gasteiger partial charge in [0.25, 0.3) is 0 Å². The van der Waals surface area contributed by atoms with Gasteiger partial charge in [0.15, 0.2) is 0 Å². The van der Waals surface area contributed by atoms with E-state index < -0.39 is 0 Å². The number of aromatic nitrogens is 1. The molecule has 0 aliphatic carbocycles. The van der Waals surface area contributed by atoms with E-state index in [1.54, 1.807) is 18.3 Å². The Labute approximate surface area is 128 Å². The zero-order valence-electron chi connectivity index (χ0n) is 10.4. The van der Waals surface area contributed by atoms with Gasteiger partial charge in [0.05, 0.1) is 16.1 Å². The number of nitriles is 1. The lowest BCUT2D eigenvalue weighted by molar-refractivity contribution is 0.452. The number of benzene rings is 1. The van der Waals surface area contributed by atoms with E-state index in [-0.39, 0.29) is 0 Å². The molecule has 96 valence electrons. The number of hydrogen-bond donors (Lipinski definition) is 0. The smallest absolute Gasteiger partial charge is 0.233 e. The minimum atomic E-state index is 0.499. The lowest BCUT2D eigenvalue weighted by Gasteiger charge is -2.12. The van der Waals surface area contributed by atoms with Gasteiger partial charge in [-0.3, -0.25) is 0 Å². The average molecular weight is 382 g/mol. The molecule has 0 spiro atoms. The molecule has 0 amide bonds. The van der Waals surface area contributed by atoms with Crippen LogP contribution in [0.25, 0.3) is 0 Å². The van der Waals surface area contributed by atoms with Crippen molar-refractivity contribution in [2.75, 3.05) is 0 Å². The summed E-state index contributed by atoms with van der Waals surface area (Å²) < 4.78 is 7.48. The third-order valence-corrected chi connectivity index (χ3v) is 3.56. The lowest BCUT2D eigenvalue weighted by Crippen LogP contribution is -1.95. The highest BCUT2D eigenvalue weighted by Gasteiger charge is 2.11. The lowest BCUT2D eigenvalue weighted by atomic mass is 10.1. The zero-order valence-corrected chi connectivity index (χ0v) is 13.5. The second-order valence-electron chi connectivity index (χ2n) is 4.09. The molecule has 19 heavy (non-hydrogen) atoms. The second kappa shape index (κ2) is 5.72. The summed E-state index contributed by atoms with van der Waals surface area (Å²) >= 11 is 6.76. The van der Waals surface area contributed by atoms with Crippen molar-refractivity contribution in [2.24, 2.45) is 0 Å². The first kappa shape index (κ1) is 14.0. The van der Waals surface area contributed by atoms with Crippen LogP contribution in [-0.2, 0) is 0 Å². The van der Waals surface area contributed by atoms with Crippen molar-refractivity contribution in [1.29, 1.82) is 5.26 Å². The van der Waals surface area contributed by atoms with E-state index in [2.05, 4.69) is 42.9 Å². The second-order valence-corrected chi connectivity index (χ2v) is 5.86. The number of hydrogen-bond acceptors (Lipinski definition) is 3. The Balaban J connectivity index is 2.41. The topological polar surface area (TPSA) is 45.9 Å². The van der Waals surface area contributed by atoms with Crippen LogP contribution >= 0.6 is 31.9 Å². The summed E-state index contributed by atoms with van der Waals surface area (Å²) in [6, 6.07) is 7.60. The van der Waals surface area contributed by atoms with E-state index in [0.29, 0.717) is 11.4 Å². The first-order chi connectivity index (χ1) is 9.01. The summed E-state index contributed by atoms with van der Waals surface area (Å²) in [4.78, 5) is 4.22. The quantitative estimate of drug-likeness (QED) is 0.744. The molecule has 0 saturated heterocycles. The molecule has 0 aliphatic rings. The van der Waals surface area contributed by atoms with Gasteiger partial charge in [-0.15, -0.1) is 0 Å². The van der Waals surface area contributed by atoms with Gasteiger partial charge in [0, 0.05) is 10.7 Å². The molecule has 1 aromatic carbocycles. The Hall–Kier alpha value is -1.38. The third-order valence-electron chi connectivity index (χ3n) is 2.56. The van der Waals surface area contributed by atoms with Crippen molar-refractivity contribution < 1.29 is 4.74 Å². The molecule has 5 heteroatoms. The summed E-state index contributed by atoms with van der Waals surface area (Å²) in [6.07, 6.45) is 1.68. The van der Waals surface area contributed by atoms with Crippen LogP contribution < -0.4 is 4.74 Å². The van der Waals surface area contributed by atoms with Crippen LogP contribution in [0.1, 0.15) is 16.7 Å². The van der Waals surface area contributed by atoms with Gasteiger partial charge in [-0.05, 0) is 75.0 Å². The van der Waals surface area contributed by atoms with Crippen molar-refractivity contribution in [1.82, 2.24) is 4.98 Å². The summed E-state index contributed by atoms with van der Waals surface area (Å²) in [7, 11) is 0. The van der Waals surface area contributed by atoms with Gasteiger partial charge < -0.3 is 4.74 Å². The number of rotatable bonds is 2. The molecule has 1 aromatic heterocycles. The van der Waals surface area contributed by atoms with Crippen molar-refractivity contribution in [3.05, 3.63) is 50.0 Å². The van der Waals surface area contributed by atoms with Gasteiger partial charge in [-0.2, -0.15) is 5.26 Å². The molecule has 2 aromatic rings. The average Bonchev–Trinajstić information content (AvgIpc) is 2.35. The molecule has 1 heterocycles. The molecule has 2 rings (SSSR count). The summed E-state index contributed by atoms with van der Waals surface area (Å²) in [5, 5.41) is 8.93. The third kappa shape index (κ3) is 3.14. The standard InChI is InChI=1S/C14H10Br2N2O/c1-8-3-10(6-17)4-9(2)13(8)19-14-12(16)5-11(15)7-18-14/h3-5,7H,1-2H3. The number of halogens is 2. The van der Waals surface area contributed by atoms with Gasteiger partial charge in [-0.1, -0.05) is 0 Å². The molecule has 0 radical (unpaired) electrons. The number of pyridine rings is 1. The Kier molecular flexibility index (Phi) is 4.23. The van der Waals surface area contributed by atoms with E-state index in [1.807, 2.05) is 19.9 Å². The Morgan fingerprint density at radius 3 is 2.32 bits per heavy atom. The Bertz CT molecular complexity index is 655. The molecular weight excluding hydrogens is 372 g/mol. The highest BCUT2D eigenvalue weighted by molar-refractivity contribution is 9.11. The summed E-state index contributed by atoms with van der Waals surface area (Å²) in [5.41, 5.74) is 2.45. The van der Waals surface area contributed by atoms with E-state index >= 15 is 0 Å². The maximum absolute atomic E-state index is 8.93. The summed E-state index contributed by atoms with van der Waals surface area (Å²) in [5.74, 6) is 1.23. The SMILES string of the molecule is Cc1cc(C#N)cc(C)c1Oc1ncc(Br)cc1Br. The highest BCUT2D eigenvalue weighted by Crippen LogP contribution is 2.33. The molecular formula is C14H10Br2N2O. The van der Waals surface area contributed by atoms with Crippen LogP contribution in [0.3, 0.4) is 0 Å². The molecule has 0 saturated carbocycles. The largest absolute Gasteiger partial charge is 0.437 e. The summed E-state index contributed by atoms with van der Waals surface area (Å²) in [6.45, 7) is 3.83. The predicted octanol–water partition coefficient (Wildman–Crippen LogP) is 4.89. The van der Waals surface area contributed by atoms with E-state index in [0.717, 1.165) is 25.8 Å². The van der Waals surface area contributed by atoms with Crippen molar-refractivity contribution in [2.45, 2.75) is 13.8 Å². The normalized spacial score (nSPS) is 10.1. The van der Waals surface area contributed by atoms with Gasteiger partial charge in [0.1, 0.15) is 5.75 Å². The van der Waals surface area contributed by atoms with Gasteiger partial charge in [-0.25, -0.2) is 4.98 Å². The molecule has 0 aliphatic heterocycles. The van der Waals surface area contributed by atoms with Crippen LogP contribution in [0.15, 0.2) is 33.3 Å². The van der Waals surface area contributed by atoms with Crippen LogP contribution in [0.4, 0.5) is 0 Å². The molecule has 3 nitrogen and oxygen atoms in total. The molecule has 0 N–H and O–H groups in total. The number of ether oxygens (including phenoxy) is 1. The molecule has 0 unspecified atom stereocenters. The molecule has 0 atom stereocenters. The fraction of sp³-hybridized carbons (Fsp3) is 0.143. The van der Waals surface area contributed by atoms with Crippen LogP contribution in [0.5, 0.6) is 11.6 Å². The van der Waals surface area contributed by atoms with Crippen molar-refractivity contribution in [3.8, 4) is 17.7 Å².